The van der Waals surface area contributed by atoms with Crippen LogP contribution in [0.25, 0.3) is 0 Å². The van der Waals surface area contributed by atoms with E-state index in [1.807, 2.05) is 0 Å². The van der Waals surface area contributed by atoms with Gasteiger partial charge in [0.05, 0.1) is 5.56 Å². The molecule has 0 atom stereocenters. The lowest BCUT2D eigenvalue weighted by Crippen LogP contribution is -2.29. The molecule has 3 rings (SSSR count). The summed E-state index contributed by atoms with van der Waals surface area (Å²) in [5, 5.41) is 2.72. The van der Waals surface area contributed by atoms with Crippen molar-refractivity contribution < 1.29 is 18.4 Å². The van der Waals surface area contributed by atoms with Crippen LogP contribution in [0.1, 0.15) is 45.7 Å². The number of primary amides is 1. The van der Waals surface area contributed by atoms with Gasteiger partial charge in [-0.25, -0.2) is 13.8 Å². The number of aryl methyl sites for hydroxylation is 1. The van der Waals surface area contributed by atoms with Gasteiger partial charge >= 0.3 is 0 Å². The zero-order chi connectivity index (χ0) is 20.3. The Bertz CT molecular complexity index is 902. The van der Waals surface area contributed by atoms with Crippen molar-refractivity contribution in [2.24, 2.45) is 5.73 Å². The molecule has 0 bridgehead atoms. The maximum absolute atomic E-state index is 13.7. The Morgan fingerprint density at radius 1 is 1.18 bits per heavy atom. The van der Waals surface area contributed by atoms with Crippen LogP contribution in [0.2, 0.25) is 0 Å². The molecule has 1 aliphatic heterocycles. The minimum absolute atomic E-state index is 0.126. The number of pyridine rings is 1. The summed E-state index contributed by atoms with van der Waals surface area (Å²) >= 11 is 0. The van der Waals surface area contributed by atoms with E-state index in [1.165, 1.54) is 6.07 Å². The topological polar surface area (TPSA) is 88.3 Å². The van der Waals surface area contributed by atoms with Crippen LogP contribution < -0.4 is 16.0 Å². The molecule has 6 nitrogen and oxygen atoms in total. The third-order valence-corrected chi connectivity index (χ3v) is 4.68. The number of alkyl halides is 2. The molecular weight excluding hydrogens is 366 g/mol. The highest BCUT2D eigenvalue weighted by molar-refractivity contribution is 6.08. The number of benzene rings is 1. The minimum atomic E-state index is -2.70. The van der Waals surface area contributed by atoms with Crippen molar-refractivity contribution in [1.29, 1.82) is 0 Å². The molecule has 0 aliphatic carbocycles. The molecule has 0 spiro atoms. The van der Waals surface area contributed by atoms with Gasteiger partial charge in [0.1, 0.15) is 5.82 Å². The summed E-state index contributed by atoms with van der Waals surface area (Å²) in [5.74, 6) is -3.34. The zero-order valence-corrected chi connectivity index (χ0v) is 15.5. The van der Waals surface area contributed by atoms with Gasteiger partial charge in [0.25, 0.3) is 5.91 Å². The summed E-state index contributed by atoms with van der Waals surface area (Å²) in [7, 11) is 0. The number of carbonyl (C=O) groups is 2. The van der Waals surface area contributed by atoms with E-state index in [2.05, 4.69) is 10.3 Å². The van der Waals surface area contributed by atoms with Crippen LogP contribution in [-0.2, 0) is 0 Å². The number of nitrogens with two attached hydrogens (primary N) is 1. The molecule has 28 heavy (non-hydrogen) atoms. The van der Waals surface area contributed by atoms with Crippen molar-refractivity contribution in [2.45, 2.75) is 32.1 Å². The third kappa shape index (κ3) is 4.62. The summed E-state index contributed by atoms with van der Waals surface area (Å²) in [6.07, 6.45) is -0.120. The lowest BCUT2D eigenvalue weighted by atomic mass is 10.1. The van der Waals surface area contributed by atoms with Crippen LogP contribution in [0.5, 0.6) is 0 Å². The monoisotopic (exact) mass is 388 g/mol. The molecule has 1 aromatic heterocycles. The predicted octanol–water partition coefficient (Wildman–Crippen LogP) is 3.37. The van der Waals surface area contributed by atoms with E-state index in [1.54, 1.807) is 42.2 Å². The van der Waals surface area contributed by atoms with Gasteiger partial charge in [0, 0.05) is 42.9 Å². The summed E-state index contributed by atoms with van der Waals surface area (Å²) < 4.78 is 27.4. The molecule has 1 aromatic carbocycles. The summed E-state index contributed by atoms with van der Waals surface area (Å²) in [6.45, 7) is 2.32. The Labute approximate surface area is 161 Å². The van der Waals surface area contributed by atoms with Crippen molar-refractivity contribution in [3.8, 4) is 0 Å². The van der Waals surface area contributed by atoms with Crippen molar-refractivity contribution in [3.05, 3.63) is 53.2 Å². The van der Waals surface area contributed by atoms with Crippen molar-refractivity contribution >= 4 is 23.3 Å². The smallest absolute Gasteiger partial charge is 0.259 e. The number of carbonyl (C=O) groups excluding carboxylic acids is 2. The summed E-state index contributed by atoms with van der Waals surface area (Å²) in [6, 6.07) is 9.61. The van der Waals surface area contributed by atoms with E-state index >= 15 is 0 Å². The largest absolute Gasteiger partial charge is 0.366 e. The second-order valence-electron chi connectivity index (χ2n) is 6.92. The number of hydrogen-bond acceptors (Lipinski definition) is 4. The van der Waals surface area contributed by atoms with Crippen LogP contribution >= 0.6 is 0 Å². The molecule has 2 amide bonds. The first-order valence-corrected chi connectivity index (χ1v) is 9.07. The van der Waals surface area contributed by atoms with Crippen molar-refractivity contribution in [3.63, 3.8) is 0 Å². The van der Waals surface area contributed by atoms with Gasteiger partial charge in [-0.2, -0.15) is 0 Å². The van der Waals surface area contributed by atoms with Gasteiger partial charge in [-0.3, -0.25) is 9.59 Å². The Hall–Kier alpha value is -3.03. The molecule has 0 saturated carbocycles. The first kappa shape index (κ1) is 19.7. The molecular formula is C20H22F2N4O2. The van der Waals surface area contributed by atoms with Crippen LogP contribution in [0.15, 0.2) is 36.4 Å². The van der Waals surface area contributed by atoms with Gasteiger partial charge < -0.3 is 16.0 Å². The third-order valence-electron chi connectivity index (χ3n) is 4.68. The summed E-state index contributed by atoms with van der Waals surface area (Å²) in [5.41, 5.74) is 6.94. The Balaban J connectivity index is 1.86. The maximum atomic E-state index is 13.7. The van der Waals surface area contributed by atoms with Crippen molar-refractivity contribution in [2.75, 3.05) is 23.3 Å². The number of rotatable bonds is 4. The quantitative estimate of drug-likeness (QED) is 0.841. The molecule has 2 aromatic rings. The lowest BCUT2D eigenvalue weighted by molar-refractivity contribution is -0.0102. The second-order valence-corrected chi connectivity index (χ2v) is 6.92. The molecule has 0 radical (unpaired) electrons. The van der Waals surface area contributed by atoms with Gasteiger partial charge in [-0.15, -0.1) is 0 Å². The van der Waals surface area contributed by atoms with Gasteiger partial charge in [0.15, 0.2) is 0 Å². The number of aromatic nitrogens is 1. The van der Waals surface area contributed by atoms with Gasteiger partial charge in [-0.05, 0) is 43.7 Å². The standard InChI is InChI=1S/C20H22F2N4O2/c1-13-6-7-16(18(24-13)26-10-3-8-20(21,22)9-11-26)19(28)25-15-5-2-4-14(12-15)17(23)27/h2,4-7,12H,3,8-11H2,1H3,(H2,23,27)(H,25,28). The van der Waals surface area contributed by atoms with E-state index in [9.17, 15) is 18.4 Å². The minimum Gasteiger partial charge on any atom is -0.366 e. The highest BCUT2D eigenvalue weighted by atomic mass is 19.3. The molecule has 148 valence electrons. The SMILES string of the molecule is Cc1ccc(C(=O)Nc2cccc(C(N)=O)c2)c(N2CCCC(F)(F)CC2)n1. The zero-order valence-electron chi connectivity index (χ0n) is 15.5. The summed E-state index contributed by atoms with van der Waals surface area (Å²) in [4.78, 5) is 30.3. The number of halogens is 2. The van der Waals surface area contributed by atoms with E-state index in [4.69, 9.17) is 5.73 Å². The van der Waals surface area contributed by atoms with Crippen LogP contribution in [0.3, 0.4) is 0 Å². The van der Waals surface area contributed by atoms with Crippen LogP contribution in [0, 0.1) is 6.92 Å². The molecule has 2 heterocycles. The Morgan fingerprint density at radius 3 is 2.71 bits per heavy atom. The Kier molecular flexibility index (Phi) is 5.58. The van der Waals surface area contributed by atoms with E-state index < -0.39 is 17.7 Å². The average Bonchev–Trinajstić information content (AvgIpc) is 2.82. The lowest BCUT2D eigenvalue weighted by Gasteiger charge is -2.24. The fourth-order valence-electron chi connectivity index (χ4n) is 3.19. The first-order valence-electron chi connectivity index (χ1n) is 9.07. The van der Waals surface area contributed by atoms with Gasteiger partial charge in [0.2, 0.25) is 11.8 Å². The predicted molar refractivity (Wildman–Crippen MR) is 103 cm³/mol. The van der Waals surface area contributed by atoms with Crippen LogP contribution in [0.4, 0.5) is 20.3 Å². The number of nitrogens with one attached hydrogen (secondary N) is 1. The molecule has 3 N–H and O–H groups in total. The molecule has 8 heteroatoms. The number of hydrogen-bond donors (Lipinski definition) is 2. The number of nitrogens with zero attached hydrogens (tertiary/aromatic N) is 2. The molecule has 0 unspecified atom stereocenters. The molecule has 1 aliphatic rings. The molecule has 1 saturated heterocycles. The number of anilines is 2. The highest BCUT2D eigenvalue weighted by Gasteiger charge is 2.33. The maximum Gasteiger partial charge on any atom is 0.259 e. The average molecular weight is 388 g/mol. The van der Waals surface area contributed by atoms with E-state index in [0.29, 0.717) is 35.7 Å². The van der Waals surface area contributed by atoms with Crippen molar-refractivity contribution in [1.82, 2.24) is 4.98 Å². The first-order chi connectivity index (χ1) is 13.2. The Morgan fingerprint density at radius 2 is 1.96 bits per heavy atom. The van der Waals surface area contributed by atoms with Crippen LogP contribution in [-0.4, -0.2) is 35.8 Å². The fourth-order valence-corrected chi connectivity index (χ4v) is 3.19. The normalized spacial score (nSPS) is 16.3. The van der Waals surface area contributed by atoms with E-state index in [-0.39, 0.29) is 24.9 Å². The highest BCUT2D eigenvalue weighted by Crippen LogP contribution is 2.31. The van der Waals surface area contributed by atoms with E-state index in [0.717, 1.165) is 0 Å². The molecule has 1 fully saturated rings. The fraction of sp³-hybridized carbons (Fsp3) is 0.350. The second kappa shape index (κ2) is 7.92. The van der Waals surface area contributed by atoms with Gasteiger partial charge in [-0.1, -0.05) is 6.07 Å². The number of amides is 2.